The van der Waals surface area contributed by atoms with E-state index in [9.17, 15) is 4.79 Å². The molecule has 0 fully saturated rings. The van der Waals surface area contributed by atoms with Crippen molar-refractivity contribution in [2.24, 2.45) is 0 Å². The Balaban J connectivity index is 1.70. The van der Waals surface area contributed by atoms with Crippen molar-refractivity contribution in [3.8, 4) is 22.6 Å². The fourth-order valence-electron chi connectivity index (χ4n) is 2.29. The summed E-state index contributed by atoms with van der Waals surface area (Å²) in [7, 11) is 0. The van der Waals surface area contributed by atoms with E-state index in [2.05, 4.69) is 0 Å². The van der Waals surface area contributed by atoms with Gasteiger partial charge in [0.05, 0.1) is 5.02 Å². The van der Waals surface area contributed by atoms with Crippen LogP contribution in [0.1, 0.15) is 0 Å². The summed E-state index contributed by atoms with van der Waals surface area (Å²) in [5.74, 6) is 0.244. The van der Waals surface area contributed by atoms with Gasteiger partial charge in [-0.15, -0.1) is 0 Å². The third-order valence-electron chi connectivity index (χ3n) is 3.43. The molecule has 0 aliphatic carbocycles. The highest BCUT2D eigenvalue weighted by atomic mass is 35.5. The Hall–Kier alpha value is -2.49. The lowest BCUT2D eigenvalue weighted by Gasteiger charge is -2.12. The SMILES string of the molecule is O=C(COc1ccccc1-c1ccccc1)Oc1cc(Cl)ccc1Cl. The lowest BCUT2D eigenvalue weighted by molar-refractivity contribution is -0.136. The Kier molecular flexibility index (Phi) is 5.59. The molecule has 0 aliphatic heterocycles. The summed E-state index contributed by atoms with van der Waals surface area (Å²) >= 11 is 11.9. The molecular formula is C20H14Cl2O3. The Morgan fingerprint density at radius 3 is 2.36 bits per heavy atom. The summed E-state index contributed by atoms with van der Waals surface area (Å²) in [5, 5.41) is 0.741. The zero-order chi connectivity index (χ0) is 17.6. The van der Waals surface area contributed by atoms with Crippen molar-refractivity contribution in [1.29, 1.82) is 0 Å². The number of carbonyl (C=O) groups excluding carboxylic acids is 1. The smallest absolute Gasteiger partial charge is 0.349 e. The summed E-state index contributed by atoms with van der Waals surface area (Å²) in [6, 6.07) is 22.0. The fourth-order valence-corrected chi connectivity index (χ4v) is 2.61. The van der Waals surface area contributed by atoms with Gasteiger partial charge < -0.3 is 9.47 Å². The van der Waals surface area contributed by atoms with Gasteiger partial charge in [-0.1, -0.05) is 71.7 Å². The van der Waals surface area contributed by atoms with Gasteiger partial charge in [-0.3, -0.25) is 0 Å². The lowest BCUT2D eigenvalue weighted by atomic mass is 10.1. The third kappa shape index (κ3) is 4.53. The van der Waals surface area contributed by atoms with Crippen molar-refractivity contribution in [3.05, 3.63) is 82.8 Å². The second-order valence-electron chi connectivity index (χ2n) is 5.20. The number of hydrogen-bond acceptors (Lipinski definition) is 3. The van der Waals surface area contributed by atoms with Gasteiger partial charge in [-0.05, 0) is 23.8 Å². The maximum absolute atomic E-state index is 12.0. The second kappa shape index (κ2) is 8.06. The van der Waals surface area contributed by atoms with Crippen LogP contribution in [-0.4, -0.2) is 12.6 Å². The Bertz CT molecular complexity index is 879. The van der Waals surface area contributed by atoms with Crippen LogP contribution in [0.4, 0.5) is 0 Å². The van der Waals surface area contributed by atoms with Crippen molar-refractivity contribution in [2.45, 2.75) is 0 Å². The molecule has 3 nitrogen and oxygen atoms in total. The number of ether oxygens (including phenoxy) is 2. The normalized spacial score (nSPS) is 10.3. The van der Waals surface area contributed by atoms with E-state index in [0.717, 1.165) is 11.1 Å². The van der Waals surface area contributed by atoms with Crippen LogP contribution in [0, 0.1) is 0 Å². The van der Waals surface area contributed by atoms with Gasteiger partial charge in [0.1, 0.15) is 5.75 Å². The molecule has 3 aromatic carbocycles. The fraction of sp³-hybridized carbons (Fsp3) is 0.0500. The highest BCUT2D eigenvalue weighted by Crippen LogP contribution is 2.30. The van der Waals surface area contributed by atoms with E-state index in [4.69, 9.17) is 32.7 Å². The number of rotatable bonds is 5. The molecule has 3 rings (SSSR count). The van der Waals surface area contributed by atoms with Gasteiger partial charge in [0.15, 0.2) is 12.4 Å². The summed E-state index contributed by atoms with van der Waals surface area (Å²) in [6.45, 7) is -0.243. The molecule has 126 valence electrons. The van der Waals surface area contributed by atoms with Crippen LogP contribution >= 0.6 is 23.2 Å². The first-order chi connectivity index (χ1) is 12.1. The van der Waals surface area contributed by atoms with Gasteiger partial charge in [0.25, 0.3) is 0 Å². The van der Waals surface area contributed by atoms with Crippen molar-refractivity contribution >= 4 is 29.2 Å². The van der Waals surface area contributed by atoms with E-state index < -0.39 is 5.97 Å². The molecule has 0 saturated heterocycles. The van der Waals surface area contributed by atoms with E-state index in [1.165, 1.54) is 6.07 Å². The van der Waals surface area contributed by atoms with Crippen molar-refractivity contribution in [2.75, 3.05) is 6.61 Å². The minimum Gasteiger partial charge on any atom is -0.481 e. The molecular weight excluding hydrogens is 359 g/mol. The van der Waals surface area contributed by atoms with Crippen LogP contribution in [0.25, 0.3) is 11.1 Å². The molecule has 0 radical (unpaired) electrons. The Labute approximate surface area is 155 Å². The molecule has 0 heterocycles. The molecule has 3 aromatic rings. The van der Waals surface area contributed by atoms with Gasteiger partial charge in [0, 0.05) is 16.7 Å². The number of esters is 1. The monoisotopic (exact) mass is 372 g/mol. The molecule has 0 unspecified atom stereocenters. The van der Waals surface area contributed by atoms with Gasteiger partial charge in [0.2, 0.25) is 0 Å². The van der Waals surface area contributed by atoms with Crippen molar-refractivity contribution < 1.29 is 14.3 Å². The number of benzene rings is 3. The van der Waals surface area contributed by atoms with Crippen molar-refractivity contribution in [1.82, 2.24) is 0 Å². The predicted octanol–water partition coefficient (Wildman–Crippen LogP) is 5.64. The quantitative estimate of drug-likeness (QED) is 0.429. The summed E-state index contributed by atoms with van der Waals surface area (Å²) in [4.78, 5) is 12.0. The van der Waals surface area contributed by atoms with E-state index >= 15 is 0 Å². The largest absolute Gasteiger partial charge is 0.481 e. The highest BCUT2D eigenvalue weighted by Gasteiger charge is 2.12. The molecule has 0 spiro atoms. The number of hydrogen-bond donors (Lipinski definition) is 0. The number of carbonyl (C=O) groups is 1. The van der Waals surface area contributed by atoms with Crippen LogP contribution < -0.4 is 9.47 Å². The lowest BCUT2D eigenvalue weighted by Crippen LogP contribution is -2.18. The van der Waals surface area contributed by atoms with Crippen LogP contribution in [-0.2, 0) is 4.79 Å². The number of para-hydroxylation sites is 1. The standard InChI is InChI=1S/C20H14Cl2O3/c21-15-10-11-17(22)19(12-15)25-20(23)13-24-18-9-5-4-8-16(18)14-6-2-1-3-7-14/h1-12H,13H2. The molecule has 0 aliphatic rings. The van der Waals surface area contributed by atoms with Gasteiger partial charge in [-0.2, -0.15) is 0 Å². The first kappa shape index (κ1) is 17.3. The molecule has 0 amide bonds. The summed E-state index contributed by atoms with van der Waals surface area (Å²) in [5.41, 5.74) is 1.90. The van der Waals surface area contributed by atoms with Crippen LogP contribution in [0.2, 0.25) is 10.0 Å². The zero-order valence-corrected chi connectivity index (χ0v) is 14.6. The van der Waals surface area contributed by atoms with Crippen LogP contribution in [0.5, 0.6) is 11.5 Å². The van der Waals surface area contributed by atoms with Crippen molar-refractivity contribution in [3.63, 3.8) is 0 Å². The number of halogens is 2. The maximum Gasteiger partial charge on any atom is 0.349 e. The Morgan fingerprint density at radius 2 is 1.56 bits per heavy atom. The topological polar surface area (TPSA) is 35.5 Å². The minimum atomic E-state index is -0.563. The molecule has 0 atom stereocenters. The van der Waals surface area contributed by atoms with Crippen LogP contribution in [0.15, 0.2) is 72.8 Å². The minimum absolute atomic E-state index is 0.208. The highest BCUT2D eigenvalue weighted by molar-refractivity contribution is 6.34. The Morgan fingerprint density at radius 1 is 0.840 bits per heavy atom. The molecule has 25 heavy (non-hydrogen) atoms. The molecule has 0 bridgehead atoms. The average Bonchev–Trinajstić information content (AvgIpc) is 2.64. The average molecular weight is 373 g/mol. The van der Waals surface area contributed by atoms with Crippen LogP contribution in [0.3, 0.4) is 0 Å². The van der Waals surface area contributed by atoms with E-state index in [0.29, 0.717) is 15.8 Å². The zero-order valence-electron chi connectivity index (χ0n) is 13.1. The second-order valence-corrected chi connectivity index (χ2v) is 6.04. The van der Waals surface area contributed by atoms with E-state index in [-0.39, 0.29) is 12.4 Å². The van der Waals surface area contributed by atoms with Gasteiger partial charge in [-0.25, -0.2) is 4.79 Å². The first-order valence-corrected chi connectivity index (χ1v) is 8.32. The maximum atomic E-state index is 12.0. The molecule has 0 N–H and O–H groups in total. The van der Waals surface area contributed by atoms with E-state index in [1.807, 2.05) is 54.6 Å². The van der Waals surface area contributed by atoms with Gasteiger partial charge >= 0.3 is 5.97 Å². The molecule has 0 aromatic heterocycles. The molecule has 5 heteroatoms. The summed E-state index contributed by atoms with van der Waals surface area (Å²) in [6.07, 6.45) is 0. The predicted molar refractivity (Wildman–Crippen MR) is 99.5 cm³/mol. The first-order valence-electron chi connectivity index (χ1n) is 7.56. The third-order valence-corrected chi connectivity index (χ3v) is 3.98. The molecule has 0 saturated carbocycles. The summed E-state index contributed by atoms with van der Waals surface area (Å²) < 4.78 is 10.9. The van der Waals surface area contributed by atoms with E-state index in [1.54, 1.807) is 12.1 Å².